The lowest BCUT2D eigenvalue weighted by Gasteiger charge is -2.24. The van der Waals surface area contributed by atoms with Gasteiger partial charge in [-0.25, -0.2) is 0 Å². The van der Waals surface area contributed by atoms with Crippen LogP contribution in [-0.4, -0.2) is 44.1 Å². The molecule has 0 aromatic heterocycles. The van der Waals surface area contributed by atoms with Gasteiger partial charge in [-0.2, -0.15) is 0 Å². The maximum atomic E-state index is 5.81. The summed E-state index contributed by atoms with van der Waals surface area (Å²) in [5, 5.41) is 3.23. The van der Waals surface area contributed by atoms with Crippen molar-refractivity contribution in [3.05, 3.63) is 0 Å². The van der Waals surface area contributed by atoms with Crippen LogP contribution in [0.1, 0.15) is 26.7 Å². The summed E-state index contributed by atoms with van der Waals surface area (Å²) in [4.78, 5) is 6.58. The zero-order valence-corrected chi connectivity index (χ0v) is 13.8. The van der Waals surface area contributed by atoms with Crippen LogP contribution in [0, 0.1) is 11.8 Å². The van der Waals surface area contributed by atoms with E-state index in [4.69, 9.17) is 5.73 Å². The molecule has 0 aliphatic heterocycles. The van der Waals surface area contributed by atoms with E-state index in [-0.39, 0.29) is 24.0 Å². The summed E-state index contributed by atoms with van der Waals surface area (Å²) in [6, 6.07) is 0.591. The number of nitrogens with zero attached hydrogens (tertiary/aromatic N) is 2. The maximum absolute atomic E-state index is 5.81. The van der Waals surface area contributed by atoms with Crippen LogP contribution >= 0.6 is 24.0 Å². The number of rotatable bonds is 6. The van der Waals surface area contributed by atoms with Crippen molar-refractivity contribution in [1.82, 2.24) is 10.2 Å². The van der Waals surface area contributed by atoms with Crippen LogP contribution in [0.5, 0.6) is 0 Å². The molecule has 1 aliphatic carbocycles. The molecule has 1 aliphatic rings. The Morgan fingerprint density at radius 3 is 2.41 bits per heavy atom. The topological polar surface area (TPSA) is 53.6 Å². The number of nitrogens with two attached hydrogens (primary N) is 1. The minimum atomic E-state index is 0. The molecule has 0 saturated heterocycles. The molecule has 0 spiro atoms. The predicted octanol–water partition coefficient (Wildman–Crippen LogP) is 1.50. The van der Waals surface area contributed by atoms with E-state index in [0.717, 1.165) is 19.0 Å². The molecular formula is C12H27IN4. The highest BCUT2D eigenvalue weighted by Crippen LogP contribution is 2.34. The predicted molar refractivity (Wildman–Crippen MR) is 84.9 cm³/mol. The summed E-state index contributed by atoms with van der Waals surface area (Å²) < 4.78 is 0. The molecular weight excluding hydrogens is 327 g/mol. The first kappa shape index (κ1) is 17.0. The summed E-state index contributed by atoms with van der Waals surface area (Å²) in [5.74, 6) is 2.00. The van der Waals surface area contributed by atoms with Gasteiger partial charge in [-0.1, -0.05) is 13.8 Å². The minimum Gasteiger partial charge on any atom is -0.370 e. The first-order chi connectivity index (χ1) is 7.50. The lowest BCUT2D eigenvalue weighted by atomic mass is 10.1. The fourth-order valence-electron chi connectivity index (χ4n) is 1.80. The SMILES string of the molecule is CC(C)CN=C(N)NCC(C1CC1)N(C)C.I. The standard InChI is InChI=1S/C12H26N4.HI/c1-9(2)7-14-12(13)15-8-11(16(3)4)10-5-6-10;/h9-11H,5-8H2,1-4H3,(H3,13,14,15);1H. The molecule has 0 bridgehead atoms. The van der Waals surface area contributed by atoms with E-state index < -0.39 is 0 Å². The second kappa shape index (κ2) is 8.13. The molecule has 5 heteroatoms. The van der Waals surface area contributed by atoms with Crippen molar-refractivity contribution < 1.29 is 0 Å². The zero-order valence-electron chi connectivity index (χ0n) is 11.4. The average Bonchev–Trinajstić information content (AvgIpc) is 2.98. The second-order valence-corrected chi connectivity index (χ2v) is 5.37. The molecule has 1 atom stereocenters. The molecule has 102 valence electrons. The Kier molecular flexibility index (Phi) is 8.11. The number of hydrogen-bond donors (Lipinski definition) is 2. The fraction of sp³-hybridized carbons (Fsp3) is 0.917. The van der Waals surface area contributed by atoms with Gasteiger partial charge in [-0.15, -0.1) is 24.0 Å². The number of hydrogen-bond acceptors (Lipinski definition) is 2. The molecule has 0 aromatic carbocycles. The van der Waals surface area contributed by atoms with Gasteiger partial charge in [0.2, 0.25) is 0 Å². The fourth-order valence-corrected chi connectivity index (χ4v) is 1.80. The molecule has 0 heterocycles. The lowest BCUT2D eigenvalue weighted by molar-refractivity contribution is 0.264. The first-order valence-electron chi connectivity index (χ1n) is 6.21. The minimum absolute atomic E-state index is 0. The Morgan fingerprint density at radius 2 is 2.00 bits per heavy atom. The van der Waals surface area contributed by atoms with E-state index in [0.29, 0.717) is 17.9 Å². The Morgan fingerprint density at radius 1 is 1.41 bits per heavy atom. The highest BCUT2D eigenvalue weighted by molar-refractivity contribution is 14.0. The molecule has 17 heavy (non-hydrogen) atoms. The number of halogens is 1. The summed E-state index contributed by atoms with van der Waals surface area (Å²) in [6.07, 6.45) is 2.71. The van der Waals surface area contributed by atoms with Crippen molar-refractivity contribution in [2.45, 2.75) is 32.7 Å². The van der Waals surface area contributed by atoms with Gasteiger partial charge >= 0.3 is 0 Å². The van der Waals surface area contributed by atoms with Crippen LogP contribution in [0.25, 0.3) is 0 Å². The molecule has 1 saturated carbocycles. The van der Waals surface area contributed by atoms with Gasteiger partial charge in [0.15, 0.2) is 5.96 Å². The summed E-state index contributed by atoms with van der Waals surface area (Å²) in [7, 11) is 4.26. The van der Waals surface area contributed by atoms with Crippen molar-refractivity contribution in [2.75, 3.05) is 27.2 Å². The third-order valence-corrected chi connectivity index (χ3v) is 2.95. The lowest BCUT2D eigenvalue weighted by Crippen LogP contribution is -2.44. The van der Waals surface area contributed by atoms with Crippen molar-refractivity contribution in [1.29, 1.82) is 0 Å². The van der Waals surface area contributed by atoms with E-state index in [1.165, 1.54) is 12.8 Å². The second-order valence-electron chi connectivity index (χ2n) is 5.37. The maximum Gasteiger partial charge on any atom is 0.188 e. The summed E-state index contributed by atoms with van der Waals surface area (Å²) >= 11 is 0. The van der Waals surface area contributed by atoms with Gasteiger partial charge < -0.3 is 16.0 Å². The van der Waals surface area contributed by atoms with E-state index in [2.05, 4.69) is 43.2 Å². The first-order valence-corrected chi connectivity index (χ1v) is 6.21. The monoisotopic (exact) mass is 354 g/mol. The van der Waals surface area contributed by atoms with Gasteiger partial charge in [-0.05, 0) is 38.8 Å². The van der Waals surface area contributed by atoms with Crippen molar-refractivity contribution in [3.63, 3.8) is 0 Å². The van der Waals surface area contributed by atoms with Gasteiger partial charge in [0.25, 0.3) is 0 Å². The van der Waals surface area contributed by atoms with E-state index in [9.17, 15) is 0 Å². The van der Waals surface area contributed by atoms with Crippen molar-refractivity contribution >= 4 is 29.9 Å². The molecule has 1 fully saturated rings. The average molecular weight is 354 g/mol. The normalized spacial score (nSPS) is 18.1. The Balaban J connectivity index is 0.00000256. The molecule has 1 rings (SSSR count). The van der Waals surface area contributed by atoms with E-state index >= 15 is 0 Å². The molecule has 0 aromatic rings. The number of likely N-dealkylation sites (N-methyl/N-ethyl adjacent to an activating group) is 1. The highest BCUT2D eigenvalue weighted by Gasteiger charge is 2.32. The van der Waals surface area contributed by atoms with Crippen LogP contribution in [0.2, 0.25) is 0 Å². The highest BCUT2D eigenvalue weighted by atomic mass is 127. The van der Waals surface area contributed by atoms with Gasteiger partial charge in [0, 0.05) is 19.1 Å². The number of guanidine groups is 1. The third-order valence-electron chi connectivity index (χ3n) is 2.95. The van der Waals surface area contributed by atoms with Crippen LogP contribution in [0.3, 0.4) is 0 Å². The number of aliphatic imine (C=N–C) groups is 1. The Hall–Kier alpha value is -0.0400. The summed E-state index contributed by atoms with van der Waals surface area (Å²) in [5.41, 5.74) is 5.81. The van der Waals surface area contributed by atoms with Crippen LogP contribution < -0.4 is 11.1 Å². The Bertz CT molecular complexity index is 235. The Labute approximate surface area is 122 Å². The smallest absolute Gasteiger partial charge is 0.188 e. The van der Waals surface area contributed by atoms with Gasteiger partial charge in [0.05, 0.1) is 0 Å². The molecule has 4 nitrogen and oxygen atoms in total. The van der Waals surface area contributed by atoms with Gasteiger partial charge in [0.1, 0.15) is 0 Å². The molecule has 0 radical (unpaired) electrons. The van der Waals surface area contributed by atoms with Crippen LogP contribution in [-0.2, 0) is 0 Å². The number of nitrogens with one attached hydrogen (secondary N) is 1. The summed E-state index contributed by atoms with van der Waals surface area (Å²) in [6.45, 7) is 5.99. The van der Waals surface area contributed by atoms with Gasteiger partial charge in [-0.3, -0.25) is 4.99 Å². The largest absolute Gasteiger partial charge is 0.370 e. The molecule has 1 unspecified atom stereocenters. The molecule has 3 N–H and O–H groups in total. The van der Waals surface area contributed by atoms with Crippen molar-refractivity contribution in [3.8, 4) is 0 Å². The third kappa shape index (κ3) is 7.08. The molecule has 0 amide bonds. The van der Waals surface area contributed by atoms with E-state index in [1.54, 1.807) is 0 Å². The van der Waals surface area contributed by atoms with E-state index in [1.807, 2.05) is 0 Å². The van der Waals surface area contributed by atoms with Crippen molar-refractivity contribution in [2.24, 2.45) is 22.6 Å². The van der Waals surface area contributed by atoms with Crippen LogP contribution in [0.15, 0.2) is 4.99 Å². The van der Waals surface area contributed by atoms with Crippen LogP contribution in [0.4, 0.5) is 0 Å². The quantitative estimate of drug-likeness (QED) is 0.432. The zero-order chi connectivity index (χ0) is 12.1.